The fraction of sp³-hybridized carbons (Fsp3) is 0.125. The van der Waals surface area contributed by atoms with Crippen LogP contribution in [0.15, 0.2) is 71.1 Å². The van der Waals surface area contributed by atoms with Gasteiger partial charge in [0.1, 0.15) is 19.5 Å². The smallest absolute Gasteiger partial charge is 0.163 e. The monoisotopic (exact) mass is 261 g/mol. The van der Waals surface area contributed by atoms with Crippen LogP contribution in [-0.2, 0) is 0 Å². The van der Waals surface area contributed by atoms with Crippen molar-refractivity contribution in [3.63, 3.8) is 0 Å². The number of fused-ring (bicyclic) bond motifs is 1. The molecule has 2 aliphatic rings. The first-order chi connectivity index (χ1) is 9.74. The molecule has 0 aliphatic carbocycles. The summed E-state index contributed by atoms with van der Waals surface area (Å²) in [6.45, 7) is 7.94. The zero-order chi connectivity index (χ0) is 14.5. The Labute approximate surface area is 121 Å². The number of rotatable bonds is 1. The number of hydrogen-bond donors (Lipinski definition) is 0. The number of aliphatic imine (C=N–C) groups is 2. The average molecular weight is 261 g/mol. The third kappa shape index (κ3) is 2.80. The van der Waals surface area contributed by atoms with Gasteiger partial charge in [-0.25, -0.2) is 9.98 Å². The van der Waals surface area contributed by atoms with Gasteiger partial charge in [-0.05, 0) is 12.2 Å². The van der Waals surface area contributed by atoms with Crippen LogP contribution in [0.3, 0.4) is 0 Å². The van der Waals surface area contributed by atoms with Crippen molar-refractivity contribution >= 4 is 25.0 Å². The van der Waals surface area contributed by atoms with Gasteiger partial charge in [-0.2, -0.15) is 0 Å². The lowest BCUT2D eigenvalue weighted by Crippen LogP contribution is -2.29. The summed E-state index contributed by atoms with van der Waals surface area (Å²) < 4.78 is 0. The Morgan fingerprint density at radius 1 is 1.05 bits per heavy atom. The van der Waals surface area contributed by atoms with E-state index < -0.39 is 0 Å². The lowest BCUT2D eigenvalue weighted by molar-refractivity contribution is 0.674. The van der Waals surface area contributed by atoms with Crippen molar-refractivity contribution in [2.45, 2.75) is 13.8 Å². The highest BCUT2D eigenvalue weighted by atomic mass is 15.3. The van der Waals surface area contributed by atoms with E-state index in [4.69, 9.17) is 7.85 Å². The zero-order valence-corrected chi connectivity index (χ0v) is 11.7. The maximum atomic E-state index is 5.67. The van der Waals surface area contributed by atoms with Crippen molar-refractivity contribution in [3.8, 4) is 0 Å². The number of hydrogen-bond acceptors (Lipinski definition) is 3. The van der Waals surface area contributed by atoms with E-state index in [1.807, 2.05) is 67.4 Å². The molecule has 2 aliphatic heterocycles. The Bertz CT molecular complexity index is 622. The van der Waals surface area contributed by atoms with Crippen LogP contribution in [0.4, 0.5) is 0 Å². The summed E-state index contributed by atoms with van der Waals surface area (Å²) in [7, 11) is 5.67. The van der Waals surface area contributed by atoms with Crippen molar-refractivity contribution < 1.29 is 0 Å². The maximum absolute atomic E-state index is 5.67. The van der Waals surface area contributed by atoms with E-state index in [-0.39, 0.29) is 0 Å². The van der Waals surface area contributed by atoms with Crippen molar-refractivity contribution in [1.29, 1.82) is 0 Å². The van der Waals surface area contributed by atoms with E-state index in [2.05, 4.69) is 16.6 Å². The molecule has 3 nitrogen and oxygen atoms in total. The van der Waals surface area contributed by atoms with Gasteiger partial charge in [0.25, 0.3) is 0 Å². The molecular weight excluding hydrogens is 245 g/mol. The molecule has 1 aromatic carbocycles. The molecule has 2 heterocycles. The summed E-state index contributed by atoms with van der Waals surface area (Å²) in [5, 5.41) is 0. The predicted octanol–water partition coefficient (Wildman–Crippen LogP) is 2.52. The topological polar surface area (TPSA) is 28.0 Å². The standard InChI is InChI=1S/C14H10BN3.C2H6/c1-10-16-14(11-5-7-12(15)8-6-11)17-13-4-2-3-9-18(10)13;1-2/h2-9H,1H2;1-2H3. The van der Waals surface area contributed by atoms with Crippen molar-refractivity contribution in [2.75, 3.05) is 0 Å². The van der Waals surface area contributed by atoms with Gasteiger partial charge >= 0.3 is 0 Å². The third-order valence-corrected chi connectivity index (χ3v) is 2.74. The summed E-state index contributed by atoms with van der Waals surface area (Å²) >= 11 is 0. The molecule has 0 spiro atoms. The van der Waals surface area contributed by atoms with Crippen molar-refractivity contribution in [3.05, 3.63) is 66.7 Å². The number of nitrogens with zero attached hydrogens (tertiary/aromatic N) is 3. The summed E-state index contributed by atoms with van der Waals surface area (Å²) in [4.78, 5) is 10.8. The zero-order valence-electron chi connectivity index (χ0n) is 11.7. The van der Waals surface area contributed by atoms with Crippen LogP contribution in [-0.4, -0.2) is 24.4 Å². The molecule has 0 unspecified atom stereocenters. The van der Waals surface area contributed by atoms with Crippen molar-refractivity contribution in [2.24, 2.45) is 9.98 Å². The van der Waals surface area contributed by atoms with Gasteiger partial charge in [-0.1, -0.05) is 56.2 Å². The number of allylic oxidation sites excluding steroid dienone is 2. The molecular formula is C16H16BN3. The molecule has 1 aromatic rings. The van der Waals surface area contributed by atoms with E-state index in [1.165, 1.54) is 0 Å². The highest BCUT2D eigenvalue weighted by molar-refractivity contribution is 6.32. The minimum Gasteiger partial charge on any atom is -0.286 e. The minimum atomic E-state index is 0.659. The molecule has 0 fully saturated rings. The second kappa shape index (κ2) is 6.19. The molecule has 0 bridgehead atoms. The molecule has 3 rings (SSSR count). The highest BCUT2D eigenvalue weighted by Gasteiger charge is 2.18. The summed E-state index contributed by atoms with van der Waals surface area (Å²) in [5.41, 5.74) is 1.66. The van der Waals surface area contributed by atoms with Gasteiger partial charge in [0.15, 0.2) is 5.84 Å². The van der Waals surface area contributed by atoms with Gasteiger partial charge in [0.2, 0.25) is 0 Å². The first kappa shape index (κ1) is 14.1. The summed E-state index contributed by atoms with van der Waals surface area (Å²) in [5.74, 6) is 2.14. The average Bonchev–Trinajstić information content (AvgIpc) is 2.50. The second-order valence-corrected chi connectivity index (χ2v) is 4.01. The fourth-order valence-electron chi connectivity index (χ4n) is 1.81. The molecule has 4 heteroatoms. The Kier molecular flexibility index (Phi) is 4.36. The first-order valence-electron chi connectivity index (χ1n) is 6.60. The molecule has 0 saturated heterocycles. The largest absolute Gasteiger partial charge is 0.286 e. The summed E-state index contributed by atoms with van der Waals surface area (Å²) in [6.07, 6.45) is 7.68. The van der Waals surface area contributed by atoms with Gasteiger partial charge in [0.05, 0.1) is 0 Å². The Morgan fingerprint density at radius 3 is 2.45 bits per heavy atom. The highest BCUT2D eigenvalue weighted by Crippen LogP contribution is 2.18. The van der Waals surface area contributed by atoms with E-state index in [0.29, 0.717) is 11.7 Å². The maximum Gasteiger partial charge on any atom is 0.163 e. The van der Waals surface area contributed by atoms with Crippen LogP contribution in [0.1, 0.15) is 19.4 Å². The van der Waals surface area contributed by atoms with E-state index in [0.717, 1.165) is 16.9 Å². The Morgan fingerprint density at radius 2 is 1.75 bits per heavy atom. The Hall–Kier alpha value is -2.36. The Balaban J connectivity index is 0.000000704. The van der Waals surface area contributed by atoms with Crippen LogP contribution < -0.4 is 5.46 Å². The van der Waals surface area contributed by atoms with E-state index in [9.17, 15) is 0 Å². The lowest BCUT2D eigenvalue weighted by atomic mass is 9.95. The van der Waals surface area contributed by atoms with E-state index in [1.54, 1.807) is 0 Å². The van der Waals surface area contributed by atoms with Gasteiger partial charge in [-0.3, -0.25) is 4.90 Å². The molecule has 98 valence electrons. The van der Waals surface area contributed by atoms with Crippen LogP contribution in [0, 0.1) is 0 Å². The molecule has 0 saturated carbocycles. The van der Waals surface area contributed by atoms with Gasteiger partial charge < -0.3 is 0 Å². The second-order valence-electron chi connectivity index (χ2n) is 4.01. The van der Waals surface area contributed by atoms with Crippen molar-refractivity contribution in [1.82, 2.24) is 4.90 Å². The van der Waals surface area contributed by atoms with E-state index >= 15 is 0 Å². The molecule has 20 heavy (non-hydrogen) atoms. The molecule has 0 atom stereocenters. The number of benzene rings is 1. The molecule has 0 aromatic heterocycles. The number of amidine groups is 2. The van der Waals surface area contributed by atoms with Gasteiger partial charge in [0, 0.05) is 11.8 Å². The first-order valence-corrected chi connectivity index (χ1v) is 6.60. The molecule has 0 amide bonds. The fourth-order valence-corrected chi connectivity index (χ4v) is 1.81. The SMILES string of the molecule is CC.[B]c1ccc(C2=NC(=C)N3C=CC=CC3=N2)cc1. The van der Waals surface area contributed by atoms with Crippen LogP contribution in [0.25, 0.3) is 0 Å². The van der Waals surface area contributed by atoms with Crippen LogP contribution in [0.2, 0.25) is 0 Å². The molecule has 0 N–H and O–H groups in total. The molecule has 2 radical (unpaired) electrons. The quantitative estimate of drug-likeness (QED) is 0.714. The third-order valence-electron chi connectivity index (χ3n) is 2.74. The lowest BCUT2D eigenvalue weighted by Gasteiger charge is -2.25. The summed E-state index contributed by atoms with van der Waals surface area (Å²) in [6, 6.07) is 7.49. The van der Waals surface area contributed by atoms with Crippen LogP contribution >= 0.6 is 0 Å². The normalized spacial score (nSPS) is 15.9. The minimum absolute atomic E-state index is 0.659. The predicted molar refractivity (Wildman–Crippen MR) is 86.4 cm³/mol. The van der Waals surface area contributed by atoms with Crippen LogP contribution in [0.5, 0.6) is 0 Å². The van der Waals surface area contributed by atoms with Gasteiger partial charge in [-0.15, -0.1) is 0 Å².